The lowest BCUT2D eigenvalue weighted by atomic mass is 10.3. The molecule has 0 saturated carbocycles. The van der Waals surface area contributed by atoms with Crippen LogP contribution in [-0.4, -0.2) is 32.4 Å². The predicted molar refractivity (Wildman–Crippen MR) is 55.1 cm³/mol. The molecule has 0 aromatic carbocycles. The number of H-pyrrole nitrogens is 2. The van der Waals surface area contributed by atoms with Gasteiger partial charge in [-0.3, -0.25) is 9.89 Å². The molecule has 98 valence electrons. The third-order valence-electron chi connectivity index (χ3n) is 1.82. The molecule has 0 unspecified atom stereocenters. The molecule has 0 radical (unpaired) electrons. The number of aliphatic carboxylic acids is 1. The smallest absolute Gasteiger partial charge is 0.475 e. The summed E-state index contributed by atoms with van der Waals surface area (Å²) in [5.74, 6) is -2.76. The lowest BCUT2D eigenvalue weighted by Crippen LogP contribution is -2.21. The normalized spacial score (nSPS) is 10.9. The van der Waals surface area contributed by atoms with Gasteiger partial charge in [0.15, 0.2) is 5.43 Å². The lowest BCUT2D eigenvalue weighted by Gasteiger charge is -1.93. The van der Waals surface area contributed by atoms with E-state index in [1.165, 1.54) is 6.20 Å². The Bertz CT molecular complexity index is 615. The van der Waals surface area contributed by atoms with Crippen molar-refractivity contribution in [2.24, 2.45) is 0 Å². The Morgan fingerprint density at radius 2 is 2.00 bits per heavy atom. The molecule has 9 heteroatoms. The number of alkyl halides is 3. The maximum Gasteiger partial charge on any atom is 0.490 e. The van der Waals surface area contributed by atoms with E-state index in [9.17, 15) is 18.0 Å². The van der Waals surface area contributed by atoms with Gasteiger partial charge in [-0.1, -0.05) is 0 Å². The second-order valence-electron chi connectivity index (χ2n) is 3.28. The van der Waals surface area contributed by atoms with Crippen LogP contribution in [-0.2, 0) is 4.79 Å². The number of aromatic amines is 2. The van der Waals surface area contributed by atoms with E-state index in [4.69, 9.17) is 9.90 Å². The van der Waals surface area contributed by atoms with Gasteiger partial charge in [-0.15, -0.1) is 0 Å². The molecule has 18 heavy (non-hydrogen) atoms. The quantitative estimate of drug-likeness (QED) is 0.664. The van der Waals surface area contributed by atoms with Crippen LogP contribution in [0.3, 0.4) is 0 Å². The topological polar surface area (TPSA) is 98.8 Å². The molecule has 0 aliphatic rings. The Balaban J connectivity index is 0.000000203. The molecule has 2 heterocycles. The first kappa shape index (κ1) is 13.7. The predicted octanol–water partition coefficient (Wildman–Crippen LogP) is 1.19. The molecule has 0 aliphatic heterocycles. The first-order valence-corrected chi connectivity index (χ1v) is 4.55. The van der Waals surface area contributed by atoms with E-state index in [0.717, 1.165) is 5.69 Å². The van der Waals surface area contributed by atoms with Crippen molar-refractivity contribution >= 4 is 17.0 Å². The zero-order valence-corrected chi connectivity index (χ0v) is 9.00. The first-order chi connectivity index (χ1) is 8.21. The number of carboxylic acid groups (broad SMARTS) is 1. The van der Waals surface area contributed by atoms with Gasteiger partial charge in [-0.05, 0) is 6.92 Å². The molecule has 0 amide bonds. The number of fused-ring (bicyclic) bond motifs is 1. The minimum atomic E-state index is -5.08. The summed E-state index contributed by atoms with van der Waals surface area (Å²) >= 11 is 0. The Labute approximate surface area is 97.4 Å². The molecule has 6 nitrogen and oxygen atoms in total. The van der Waals surface area contributed by atoms with Crippen LogP contribution in [0.1, 0.15) is 5.69 Å². The van der Waals surface area contributed by atoms with Crippen LogP contribution in [0, 0.1) is 6.92 Å². The van der Waals surface area contributed by atoms with Crippen LogP contribution in [0.2, 0.25) is 0 Å². The first-order valence-electron chi connectivity index (χ1n) is 4.55. The Morgan fingerprint density at radius 1 is 1.44 bits per heavy atom. The number of halogens is 3. The summed E-state index contributed by atoms with van der Waals surface area (Å²) in [6.45, 7) is 1.84. The van der Waals surface area contributed by atoms with Gasteiger partial charge in [0, 0.05) is 11.8 Å². The van der Waals surface area contributed by atoms with E-state index in [2.05, 4.69) is 15.2 Å². The zero-order chi connectivity index (χ0) is 13.9. The number of nitrogens with zero attached hydrogens (tertiary/aromatic N) is 1. The highest BCUT2D eigenvalue weighted by Gasteiger charge is 2.38. The number of aromatic nitrogens is 3. The van der Waals surface area contributed by atoms with Crippen molar-refractivity contribution in [3.8, 4) is 0 Å². The van der Waals surface area contributed by atoms with Crippen molar-refractivity contribution in [1.29, 1.82) is 0 Å². The number of aryl methyl sites for hydroxylation is 1. The maximum absolute atomic E-state index is 11.2. The summed E-state index contributed by atoms with van der Waals surface area (Å²) in [7, 11) is 0. The SMILES string of the molecule is Cc1cc(=O)c2cn[nH]c2[nH]1.O=C(O)C(F)(F)F. The van der Waals surface area contributed by atoms with Crippen molar-refractivity contribution in [1.82, 2.24) is 15.2 Å². The highest BCUT2D eigenvalue weighted by molar-refractivity contribution is 5.73. The Hall–Kier alpha value is -2.32. The molecule has 0 bridgehead atoms. The van der Waals surface area contributed by atoms with Crippen molar-refractivity contribution in [2.45, 2.75) is 13.1 Å². The molecule has 2 aromatic rings. The second kappa shape index (κ2) is 4.90. The van der Waals surface area contributed by atoms with Gasteiger partial charge in [-0.25, -0.2) is 4.79 Å². The highest BCUT2D eigenvalue weighted by Crippen LogP contribution is 2.13. The van der Waals surface area contributed by atoms with E-state index < -0.39 is 12.1 Å². The minimum Gasteiger partial charge on any atom is -0.475 e. The molecule has 3 N–H and O–H groups in total. The molecule has 0 aliphatic carbocycles. The van der Waals surface area contributed by atoms with E-state index >= 15 is 0 Å². The number of hydrogen-bond donors (Lipinski definition) is 3. The fourth-order valence-corrected chi connectivity index (χ4v) is 1.08. The number of nitrogens with one attached hydrogen (secondary N) is 2. The fraction of sp³-hybridized carbons (Fsp3) is 0.222. The monoisotopic (exact) mass is 263 g/mol. The van der Waals surface area contributed by atoms with E-state index in [1.807, 2.05) is 6.92 Å². The standard InChI is InChI=1S/C7H7N3O.C2HF3O2/c1-4-2-6(11)5-3-8-10-7(5)9-4;3-2(4,5)1(6)7/h2-3H,1H3,(H2,8,9,10,11);(H,6,7). The third kappa shape index (κ3) is 3.34. The van der Waals surface area contributed by atoms with E-state index in [0.29, 0.717) is 11.0 Å². The van der Waals surface area contributed by atoms with Gasteiger partial charge < -0.3 is 10.1 Å². The summed E-state index contributed by atoms with van der Waals surface area (Å²) < 4.78 is 31.7. The van der Waals surface area contributed by atoms with Crippen molar-refractivity contribution in [3.05, 3.63) is 28.2 Å². The summed E-state index contributed by atoms with van der Waals surface area (Å²) in [6, 6.07) is 1.55. The number of carbonyl (C=O) groups is 1. The van der Waals surface area contributed by atoms with Crippen LogP contribution < -0.4 is 5.43 Å². The van der Waals surface area contributed by atoms with Gasteiger partial charge in [-0.2, -0.15) is 18.3 Å². The maximum atomic E-state index is 11.2. The van der Waals surface area contributed by atoms with Crippen LogP contribution in [0.5, 0.6) is 0 Å². The Kier molecular flexibility index (Phi) is 3.74. The fourth-order valence-electron chi connectivity index (χ4n) is 1.08. The molecule has 2 aromatic heterocycles. The molecular weight excluding hydrogens is 255 g/mol. The minimum absolute atomic E-state index is 0.00463. The molecule has 0 fully saturated rings. The average Bonchev–Trinajstić information content (AvgIpc) is 2.64. The number of carboxylic acids is 1. The molecular formula is C9H8F3N3O3. The Morgan fingerprint density at radius 3 is 2.50 bits per heavy atom. The van der Waals surface area contributed by atoms with Gasteiger partial charge in [0.1, 0.15) is 5.65 Å². The summed E-state index contributed by atoms with van der Waals surface area (Å²) in [6.07, 6.45) is -3.56. The van der Waals surface area contributed by atoms with Gasteiger partial charge in [0.25, 0.3) is 0 Å². The van der Waals surface area contributed by atoms with E-state index in [-0.39, 0.29) is 5.43 Å². The molecule has 0 spiro atoms. The molecule has 0 atom stereocenters. The van der Waals surface area contributed by atoms with E-state index in [1.54, 1.807) is 6.07 Å². The van der Waals surface area contributed by atoms with Crippen LogP contribution in [0.15, 0.2) is 17.1 Å². The largest absolute Gasteiger partial charge is 0.490 e. The number of rotatable bonds is 0. The van der Waals surface area contributed by atoms with Gasteiger partial charge in [0.05, 0.1) is 11.6 Å². The lowest BCUT2D eigenvalue weighted by molar-refractivity contribution is -0.192. The van der Waals surface area contributed by atoms with Crippen molar-refractivity contribution in [3.63, 3.8) is 0 Å². The van der Waals surface area contributed by atoms with Crippen molar-refractivity contribution < 1.29 is 23.1 Å². The average molecular weight is 263 g/mol. The number of hydrogen-bond acceptors (Lipinski definition) is 3. The van der Waals surface area contributed by atoms with Crippen molar-refractivity contribution in [2.75, 3.05) is 0 Å². The number of pyridine rings is 1. The van der Waals surface area contributed by atoms with Gasteiger partial charge >= 0.3 is 12.1 Å². The summed E-state index contributed by atoms with van der Waals surface area (Å²) in [5.41, 5.74) is 1.53. The van der Waals surface area contributed by atoms with Crippen LogP contribution in [0.4, 0.5) is 13.2 Å². The van der Waals surface area contributed by atoms with Crippen LogP contribution >= 0.6 is 0 Å². The van der Waals surface area contributed by atoms with Gasteiger partial charge in [0.2, 0.25) is 0 Å². The molecule has 0 saturated heterocycles. The summed E-state index contributed by atoms with van der Waals surface area (Å²) in [4.78, 5) is 23.1. The second-order valence-corrected chi connectivity index (χ2v) is 3.28. The summed E-state index contributed by atoms with van der Waals surface area (Å²) in [5, 5.41) is 14.2. The third-order valence-corrected chi connectivity index (χ3v) is 1.82. The highest BCUT2D eigenvalue weighted by atomic mass is 19.4. The van der Waals surface area contributed by atoms with Crippen LogP contribution in [0.25, 0.3) is 11.0 Å². The molecule has 2 rings (SSSR count). The zero-order valence-electron chi connectivity index (χ0n) is 9.00.